The molecule has 0 spiro atoms. The van der Waals surface area contributed by atoms with Gasteiger partial charge in [0.1, 0.15) is 5.82 Å². The van der Waals surface area contributed by atoms with Crippen molar-refractivity contribution in [3.05, 3.63) is 76.2 Å². The van der Waals surface area contributed by atoms with E-state index in [0.717, 1.165) is 5.56 Å². The predicted molar refractivity (Wildman–Crippen MR) is 93.0 cm³/mol. The molecule has 0 aliphatic carbocycles. The van der Waals surface area contributed by atoms with Gasteiger partial charge in [0.25, 0.3) is 0 Å². The van der Waals surface area contributed by atoms with Crippen LogP contribution in [0, 0.1) is 5.82 Å². The Hall–Kier alpha value is -2.17. The first-order valence-corrected chi connectivity index (χ1v) is 8.10. The predicted octanol–water partition coefficient (Wildman–Crippen LogP) is 4.85. The Balaban J connectivity index is 2.20. The number of hydrogen-bond acceptors (Lipinski definition) is 2. The summed E-state index contributed by atoms with van der Waals surface area (Å²) in [6.07, 6.45) is 1.79. The zero-order valence-corrected chi connectivity index (χ0v) is 14.3. The van der Waals surface area contributed by atoms with Crippen molar-refractivity contribution >= 4 is 29.0 Å². The standard InChI is InChI=1S/C18H13Cl2FN2O/c1-23-10-11(9-19)17(22-23)13-7-6-12(20)8-15(13)18(24)14-4-2-3-5-16(14)21/h2-8,10H,9H2,1H3. The van der Waals surface area contributed by atoms with Crippen molar-refractivity contribution in [3.63, 3.8) is 0 Å². The number of hydrogen-bond donors (Lipinski definition) is 0. The Morgan fingerprint density at radius 3 is 2.67 bits per heavy atom. The van der Waals surface area contributed by atoms with Gasteiger partial charge in [0.05, 0.1) is 17.1 Å². The summed E-state index contributed by atoms with van der Waals surface area (Å²) in [5.74, 6) is -0.775. The molecule has 122 valence electrons. The number of aryl methyl sites for hydroxylation is 1. The smallest absolute Gasteiger partial charge is 0.196 e. The molecule has 0 saturated carbocycles. The highest BCUT2D eigenvalue weighted by molar-refractivity contribution is 6.31. The highest BCUT2D eigenvalue weighted by Crippen LogP contribution is 2.31. The average molecular weight is 363 g/mol. The van der Waals surface area contributed by atoms with Crippen LogP contribution >= 0.6 is 23.2 Å². The quantitative estimate of drug-likeness (QED) is 0.491. The number of ketones is 1. The van der Waals surface area contributed by atoms with E-state index in [1.165, 1.54) is 24.3 Å². The maximum Gasteiger partial charge on any atom is 0.196 e. The van der Waals surface area contributed by atoms with Gasteiger partial charge in [-0.3, -0.25) is 9.48 Å². The Bertz CT molecular complexity index is 921. The molecule has 0 N–H and O–H groups in total. The Morgan fingerprint density at radius 1 is 1.21 bits per heavy atom. The summed E-state index contributed by atoms with van der Waals surface area (Å²) >= 11 is 12.0. The monoisotopic (exact) mass is 362 g/mol. The molecule has 1 aromatic heterocycles. The number of nitrogens with zero attached hydrogens (tertiary/aromatic N) is 2. The number of carbonyl (C=O) groups is 1. The fourth-order valence-electron chi connectivity index (χ4n) is 2.56. The lowest BCUT2D eigenvalue weighted by Crippen LogP contribution is -2.07. The van der Waals surface area contributed by atoms with Crippen molar-refractivity contribution in [1.29, 1.82) is 0 Å². The van der Waals surface area contributed by atoms with Gasteiger partial charge >= 0.3 is 0 Å². The van der Waals surface area contributed by atoms with Crippen LogP contribution in [0.5, 0.6) is 0 Å². The number of benzene rings is 2. The highest BCUT2D eigenvalue weighted by Gasteiger charge is 2.21. The molecular formula is C18H13Cl2FN2O. The third-order valence-electron chi connectivity index (χ3n) is 3.65. The van der Waals surface area contributed by atoms with Crippen molar-refractivity contribution < 1.29 is 9.18 Å². The largest absolute Gasteiger partial charge is 0.288 e. The van der Waals surface area contributed by atoms with Gasteiger partial charge in [0, 0.05) is 35.0 Å². The number of halogens is 3. The van der Waals surface area contributed by atoms with Crippen LogP contribution in [-0.4, -0.2) is 15.6 Å². The summed E-state index contributed by atoms with van der Waals surface area (Å²) in [5.41, 5.74) is 2.22. The molecule has 0 radical (unpaired) electrons. The molecule has 2 aromatic carbocycles. The van der Waals surface area contributed by atoms with Crippen LogP contribution in [0.2, 0.25) is 5.02 Å². The Morgan fingerprint density at radius 2 is 1.96 bits per heavy atom. The highest BCUT2D eigenvalue weighted by atomic mass is 35.5. The second-order valence-electron chi connectivity index (χ2n) is 5.31. The fourth-order valence-corrected chi connectivity index (χ4v) is 2.93. The molecule has 0 saturated heterocycles. The molecule has 0 amide bonds. The van der Waals surface area contributed by atoms with Crippen LogP contribution < -0.4 is 0 Å². The number of alkyl halides is 1. The zero-order valence-electron chi connectivity index (χ0n) is 12.8. The fraction of sp³-hybridized carbons (Fsp3) is 0.111. The van der Waals surface area contributed by atoms with Crippen LogP contribution in [0.3, 0.4) is 0 Å². The van der Waals surface area contributed by atoms with E-state index in [4.69, 9.17) is 23.2 Å². The van der Waals surface area contributed by atoms with Gasteiger partial charge in [-0.2, -0.15) is 5.10 Å². The summed E-state index contributed by atoms with van der Waals surface area (Å²) in [4.78, 5) is 12.9. The number of aromatic nitrogens is 2. The maximum absolute atomic E-state index is 14.0. The van der Waals surface area contributed by atoms with E-state index in [2.05, 4.69) is 5.10 Å². The molecule has 0 aliphatic heterocycles. The van der Waals surface area contributed by atoms with Gasteiger partial charge in [-0.25, -0.2) is 4.39 Å². The molecule has 0 unspecified atom stereocenters. The SMILES string of the molecule is Cn1cc(CCl)c(-c2ccc(Cl)cc2C(=O)c2ccccc2F)n1. The van der Waals surface area contributed by atoms with Gasteiger partial charge in [0.2, 0.25) is 0 Å². The van der Waals surface area contributed by atoms with E-state index in [9.17, 15) is 9.18 Å². The number of rotatable bonds is 4. The van der Waals surface area contributed by atoms with Crippen LogP contribution in [0.25, 0.3) is 11.3 Å². The molecular weight excluding hydrogens is 350 g/mol. The second-order valence-corrected chi connectivity index (χ2v) is 6.01. The zero-order chi connectivity index (χ0) is 17.3. The lowest BCUT2D eigenvalue weighted by molar-refractivity contribution is 0.103. The van der Waals surface area contributed by atoms with E-state index in [1.807, 2.05) is 0 Å². The van der Waals surface area contributed by atoms with E-state index < -0.39 is 11.6 Å². The van der Waals surface area contributed by atoms with Gasteiger partial charge < -0.3 is 0 Å². The molecule has 1 heterocycles. The van der Waals surface area contributed by atoms with E-state index in [1.54, 1.807) is 36.1 Å². The summed E-state index contributed by atoms with van der Waals surface area (Å²) in [6, 6.07) is 10.8. The molecule has 0 fully saturated rings. The molecule has 24 heavy (non-hydrogen) atoms. The summed E-state index contributed by atoms with van der Waals surface area (Å²) in [7, 11) is 1.77. The van der Waals surface area contributed by atoms with Crippen molar-refractivity contribution in [1.82, 2.24) is 9.78 Å². The van der Waals surface area contributed by atoms with Gasteiger partial charge in [-0.1, -0.05) is 29.8 Å². The van der Waals surface area contributed by atoms with Crippen LogP contribution in [-0.2, 0) is 12.9 Å². The van der Waals surface area contributed by atoms with Crippen molar-refractivity contribution in [2.24, 2.45) is 7.05 Å². The molecule has 6 heteroatoms. The van der Waals surface area contributed by atoms with E-state index in [0.29, 0.717) is 16.3 Å². The molecule has 3 rings (SSSR count). The van der Waals surface area contributed by atoms with Crippen molar-refractivity contribution in [3.8, 4) is 11.3 Å². The van der Waals surface area contributed by atoms with Crippen molar-refractivity contribution in [2.45, 2.75) is 5.88 Å². The molecule has 3 aromatic rings. The van der Waals surface area contributed by atoms with Crippen LogP contribution in [0.4, 0.5) is 4.39 Å². The summed E-state index contributed by atoms with van der Waals surface area (Å²) < 4.78 is 15.6. The van der Waals surface area contributed by atoms with E-state index >= 15 is 0 Å². The second kappa shape index (κ2) is 6.75. The van der Waals surface area contributed by atoms with Crippen LogP contribution in [0.1, 0.15) is 21.5 Å². The number of carbonyl (C=O) groups excluding carboxylic acids is 1. The maximum atomic E-state index is 14.0. The lowest BCUT2D eigenvalue weighted by atomic mass is 9.95. The van der Waals surface area contributed by atoms with Gasteiger partial charge in [-0.15, -0.1) is 11.6 Å². The third kappa shape index (κ3) is 3.07. The minimum Gasteiger partial charge on any atom is -0.288 e. The first-order valence-electron chi connectivity index (χ1n) is 7.19. The molecule has 3 nitrogen and oxygen atoms in total. The minimum absolute atomic E-state index is 0.00984. The lowest BCUT2D eigenvalue weighted by Gasteiger charge is -2.09. The topological polar surface area (TPSA) is 34.9 Å². The average Bonchev–Trinajstić information content (AvgIpc) is 2.95. The van der Waals surface area contributed by atoms with E-state index in [-0.39, 0.29) is 17.0 Å². The minimum atomic E-state index is -0.577. The Labute approximate surface area is 148 Å². The normalized spacial score (nSPS) is 10.8. The molecule has 0 atom stereocenters. The summed E-state index contributed by atoms with van der Waals surface area (Å²) in [5, 5.41) is 4.77. The first kappa shape index (κ1) is 16.7. The first-order chi connectivity index (χ1) is 11.5. The Kier molecular flexibility index (Phi) is 4.69. The van der Waals surface area contributed by atoms with Gasteiger partial charge in [0.15, 0.2) is 5.78 Å². The molecule has 0 bridgehead atoms. The third-order valence-corrected chi connectivity index (χ3v) is 4.17. The van der Waals surface area contributed by atoms with Crippen molar-refractivity contribution in [2.75, 3.05) is 0 Å². The summed E-state index contributed by atoms with van der Waals surface area (Å²) in [6.45, 7) is 0. The van der Waals surface area contributed by atoms with Crippen LogP contribution in [0.15, 0.2) is 48.7 Å². The van der Waals surface area contributed by atoms with Gasteiger partial charge in [-0.05, 0) is 24.3 Å². The molecule has 0 aliphatic rings.